The van der Waals surface area contributed by atoms with Gasteiger partial charge in [0.25, 0.3) is 11.5 Å². The van der Waals surface area contributed by atoms with Crippen molar-refractivity contribution in [3.8, 4) is 0 Å². The smallest absolute Gasteiger partial charge is 0.259 e. The van der Waals surface area contributed by atoms with Crippen molar-refractivity contribution < 1.29 is 4.79 Å². The number of amides is 1. The standard InChI is InChI=1S/C18H19N3O2S/c1-18(2,3)12-6-4-11(5-7-12)15(22)19-9-13-8-14-16(23)20-10-21-17(14)24-13/h4-8,10H,9H2,1-3H3,(H,19,22)(H,20,21,23). The summed E-state index contributed by atoms with van der Waals surface area (Å²) in [5, 5.41) is 3.44. The summed E-state index contributed by atoms with van der Waals surface area (Å²) in [6.07, 6.45) is 1.39. The molecule has 24 heavy (non-hydrogen) atoms. The van der Waals surface area contributed by atoms with Crippen molar-refractivity contribution in [1.29, 1.82) is 0 Å². The van der Waals surface area contributed by atoms with E-state index in [0.717, 1.165) is 4.88 Å². The summed E-state index contributed by atoms with van der Waals surface area (Å²) in [5.41, 5.74) is 1.71. The number of H-pyrrole nitrogens is 1. The molecule has 0 bridgehead atoms. The number of nitrogens with one attached hydrogen (secondary N) is 2. The summed E-state index contributed by atoms with van der Waals surface area (Å²) >= 11 is 1.41. The highest BCUT2D eigenvalue weighted by molar-refractivity contribution is 7.18. The first-order valence-corrected chi connectivity index (χ1v) is 8.51. The van der Waals surface area contributed by atoms with Crippen LogP contribution in [0.15, 0.2) is 41.5 Å². The molecule has 3 aromatic rings. The third-order valence-electron chi connectivity index (χ3n) is 3.82. The topological polar surface area (TPSA) is 74.8 Å². The summed E-state index contributed by atoms with van der Waals surface area (Å²) < 4.78 is 0. The number of hydrogen-bond donors (Lipinski definition) is 2. The van der Waals surface area contributed by atoms with Gasteiger partial charge < -0.3 is 10.3 Å². The third kappa shape index (κ3) is 3.38. The van der Waals surface area contributed by atoms with E-state index in [4.69, 9.17) is 0 Å². The molecule has 0 spiro atoms. The molecule has 0 aliphatic heterocycles. The Hall–Kier alpha value is -2.47. The predicted molar refractivity (Wildman–Crippen MR) is 96.6 cm³/mol. The van der Waals surface area contributed by atoms with Gasteiger partial charge in [-0.3, -0.25) is 9.59 Å². The van der Waals surface area contributed by atoms with Crippen molar-refractivity contribution in [1.82, 2.24) is 15.3 Å². The Morgan fingerprint density at radius 2 is 1.96 bits per heavy atom. The van der Waals surface area contributed by atoms with Crippen LogP contribution in [0.1, 0.15) is 41.6 Å². The van der Waals surface area contributed by atoms with Crippen molar-refractivity contribution in [3.63, 3.8) is 0 Å². The first kappa shape index (κ1) is 16.4. The minimum atomic E-state index is -0.161. The van der Waals surface area contributed by atoms with E-state index in [9.17, 15) is 9.59 Å². The Balaban J connectivity index is 1.70. The highest BCUT2D eigenvalue weighted by Crippen LogP contribution is 2.22. The Morgan fingerprint density at radius 1 is 1.25 bits per heavy atom. The maximum Gasteiger partial charge on any atom is 0.259 e. The molecule has 0 saturated carbocycles. The molecule has 1 aromatic carbocycles. The second-order valence-electron chi connectivity index (χ2n) is 6.67. The molecule has 124 valence electrons. The number of aromatic nitrogens is 2. The Morgan fingerprint density at radius 3 is 2.58 bits per heavy atom. The number of rotatable bonds is 3. The molecule has 0 atom stereocenters. The number of benzene rings is 1. The van der Waals surface area contributed by atoms with E-state index in [1.54, 1.807) is 6.07 Å². The number of fused-ring (bicyclic) bond motifs is 1. The van der Waals surface area contributed by atoms with E-state index in [0.29, 0.717) is 22.3 Å². The minimum Gasteiger partial charge on any atom is -0.347 e. The summed E-state index contributed by atoms with van der Waals surface area (Å²) in [6.45, 7) is 6.79. The quantitative estimate of drug-likeness (QED) is 0.768. The molecular weight excluding hydrogens is 322 g/mol. The fraction of sp³-hybridized carbons (Fsp3) is 0.278. The van der Waals surface area contributed by atoms with Gasteiger partial charge in [-0.05, 0) is 29.2 Å². The van der Waals surface area contributed by atoms with Crippen LogP contribution in [0.25, 0.3) is 10.2 Å². The van der Waals surface area contributed by atoms with Crippen molar-refractivity contribution >= 4 is 27.5 Å². The Bertz CT molecular complexity index is 933. The molecule has 0 radical (unpaired) electrons. The van der Waals surface area contributed by atoms with Gasteiger partial charge in [0, 0.05) is 10.4 Å². The van der Waals surface area contributed by atoms with Crippen molar-refractivity contribution in [2.45, 2.75) is 32.7 Å². The summed E-state index contributed by atoms with van der Waals surface area (Å²) in [5.74, 6) is -0.130. The SMILES string of the molecule is CC(C)(C)c1ccc(C(=O)NCc2cc3c(=O)[nH]cnc3s2)cc1. The lowest BCUT2D eigenvalue weighted by atomic mass is 9.87. The van der Waals surface area contributed by atoms with Crippen LogP contribution in [0.2, 0.25) is 0 Å². The highest BCUT2D eigenvalue weighted by Gasteiger charge is 2.14. The van der Waals surface area contributed by atoms with E-state index in [-0.39, 0.29) is 16.9 Å². The van der Waals surface area contributed by atoms with E-state index in [1.165, 1.54) is 23.2 Å². The molecule has 0 aliphatic rings. The van der Waals surface area contributed by atoms with Crippen LogP contribution >= 0.6 is 11.3 Å². The highest BCUT2D eigenvalue weighted by atomic mass is 32.1. The van der Waals surface area contributed by atoms with Gasteiger partial charge in [0.15, 0.2) is 0 Å². The zero-order valence-electron chi connectivity index (χ0n) is 13.8. The second-order valence-corrected chi connectivity index (χ2v) is 7.79. The lowest BCUT2D eigenvalue weighted by molar-refractivity contribution is 0.0951. The van der Waals surface area contributed by atoms with Gasteiger partial charge in [-0.1, -0.05) is 32.9 Å². The molecule has 0 unspecified atom stereocenters. The maximum absolute atomic E-state index is 12.3. The van der Waals surface area contributed by atoms with Gasteiger partial charge in [-0.2, -0.15) is 0 Å². The molecule has 0 aliphatic carbocycles. The molecule has 0 saturated heterocycles. The first-order chi connectivity index (χ1) is 11.3. The number of hydrogen-bond acceptors (Lipinski definition) is 4. The van der Waals surface area contributed by atoms with Gasteiger partial charge in [-0.15, -0.1) is 11.3 Å². The van der Waals surface area contributed by atoms with Crippen LogP contribution in [0.4, 0.5) is 0 Å². The van der Waals surface area contributed by atoms with Crippen LogP contribution in [-0.2, 0) is 12.0 Å². The molecule has 1 amide bonds. The van der Waals surface area contributed by atoms with Gasteiger partial charge in [0.2, 0.25) is 0 Å². The van der Waals surface area contributed by atoms with Gasteiger partial charge in [0.1, 0.15) is 4.83 Å². The molecule has 2 heterocycles. The summed E-state index contributed by atoms with van der Waals surface area (Å²) in [4.78, 5) is 32.2. The number of aromatic amines is 1. The van der Waals surface area contributed by atoms with E-state index in [1.807, 2.05) is 24.3 Å². The van der Waals surface area contributed by atoms with Crippen LogP contribution in [0.3, 0.4) is 0 Å². The molecule has 2 N–H and O–H groups in total. The number of thiophene rings is 1. The number of nitrogens with zero attached hydrogens (tertiary/aromatic N) is 1. The monoisotopic (exact) mass is 341 g/mol. The van der Waals surface area contributed by atoms with Crippen molar-refractivity contribution in [2.24, 2.45) is 0 Å². The molecule has 3 rings (SSSR count). The van der Waals surface area contributed by atoms with Crippen molar-refractivity contribution in [2.75, 3.05) is 0 Å². The summed E-state index contributed by atoms with van der Waals surface area (Å²) in [7, 11) is 0. The van der Waals surface area contributed by atoms with Crippen LogP contribution in [0.5, 0.6) is 0 Å². The average molecular weight is 341 g/mol. The second kappa shape index (κ2) is 6.20. The van der Waals surface area contributed by atoms with E-state index < -0.39 is 0 Å². The lowest BCUT2D eigenvalue weighted by Crippen LogP contribution is -2.22. The fourth-order valence-electron chi connectivity index (χ4n) is 2.40. The predicted octanol–water partition coefficient (Wildman–Crippen LogP) is 3.21. The van der Waals surface area contributed by atoms with Gasteiger partial charge in [0.05, 0.1) is 18.3 Å². The normalized spacial score (nSPS) is 11.6. The average Bonchev–Trinajstić information content (AvgIpc) is 2.96. The molecular formula is C18H19N3O2S. The van der Waals surface area contributed by atoms with Gasteiger partial charge in [-0.25, -0.2) is 4.98 Å². The third-order valence-corrected chi connectivity index (χ3v) is 4.86. The van der Waals surface area contributed by atoms with E-state index in [2.05, 4.69) is 36.1 Å². The van der Waals surface area contributed by atoms with Crippen LogP contribution < -0.4 is 10.9 Å². The molecule has 5 nitrogen and oxygen atoms in total. The van der Waals surface area contributed by atoms with Gasteiger partial charge >= 0.3 is 0 Å². The Labute approximate surface area is 143 Å². The van der Waals surface area contributed by atoms with Crippen molar-refractivity contribution in [3.05, 3.63) is 63.0 Å². The molecule has 0 fully saturated rings. The zero-order chi connectivity index (χ0) is 17.3. The van der Waals surface area contributed by atoms with Crippen LogP contribution in [0, 0.1) is 0 Å². The zero-order valence-corrected chi connectivity index (χ0v) is 14.7. The summed E-state index contributed by atoms with van der Waals surface area (Å²) in [6, 6.07) is 9.42. The largest absolute Gasteiger partial charge is 0.347 e. The molecule has 2 aromatic heterocycles. The fourth-order valence-corrected chi connectivity index (χ4v) is 3.33. The first-order valence-electron chi connectivity index (χ1n) is 7.69. The molecule has 6 heteroatoms. The number of carbonyl (C=O) groups is 1. The Kier molecular flexibility index (Phi) is 4.24. The maximum atomic E-state index is 12.3. The van der Waals surface area contributed by atoms with E-state index >= 15 is 0 Å². The minimum absolute atomic E-state index is 0.0616. The number of carbonyl (C=O) groups excluding carboxylic acids is 1. The lowest BCUT2D eigenvalue weighted by Gasteiger charge is -2.19. The van der Waals surface area contributed by atoms with Crippen LogP contribution in [-0.4, -0.2) is 15.9 Å².